The number of rotatable bonds is 7. The van der Waals surface area contributed by atoms with E-state index in [1.54, 1.807) is 24.3 Å². The Morgan fingerprint density at radius 1 is 0.339 bits per heavy atom. The Labute approximate surface area is 413 Å². The summed E-state index contributed by atoms with van der Waals surface area (Å²) in [5.74, 6) is 0.446. The van der Waals surface area contributed by atoms with Gasteiger partial charge in [0.15, 0.2) is 0 Å². The van der Waals surface area contributed by atoms with Gasteiger partial charge >= 0.3 is 199 Å². The molecular formula is C52H40Cl3Fe2O4Sb+4. The summed E-state index contributed by atoms with van der Waals surface area (Å²) >= 11 is 16.0. The molecule has 0 unspecified atom stereocenters. The number of carbonyl (C=O) groups is 2. The molecular weight excluding hydrogens is 1030 g/mol. The summed E-state index contributed by atoms with van der Waals surface area (Å²) < 4.78 is 4.08. The first-order chi connectivity index (χ1) is 29.2. The molecule has 5 aromatic carbocycles. The van der Waals surface area contributed by atoms with Gasteiger partial charge in [-0.05, 0) is 151 Å². The molecule has 20 radical (unpaired) electrons. The number of carboxylic acid groups (broad SMARTS) is 2. The van der Waals surface area contributed by atoms with Crippen LogP contribution in [-0.2, 0) is 34.1 Å². The maximum absolute atomic E-state index is 10.6. The Bertz CT molecular complexity index is 1790. The van der Waals surface area contributed by atoms with Crippen LogP contribution in [0.1, 0.15) is 31.8 Å². The van der Waals surface area contributed by atoms with E-state index in [0.717, 1.165) is 38.0 Å². The van der Waals surface area contributed by atoms with Gasteiger partial charge in [-0.15, -0.1) is 0 Å². The first-order valence-corrected chi connectivity index (χ1v) is 23.7. The van der Waals surface area contributed by atoms with Gasteiger partial charge in [0, 0.05) is 11.8 Å². The average Bonchev–Trinajstić information content (AvgIpc) is 4.14. The molecule has 310 valence electrons. The Morgan fingerprint density at radius 3 is 0.774 bits per heavy atom. The zero-order valence-electron chi connectivity index (χ0n) is 32.9. The van der Waals surface area contributed by atoms with Crippen molar-refractivity contribution in [1.29, 1.82) is 0 Å². The fourth-order valence-electron chi connectivity index (χ4n) is 5.60. The van der Waals surface area contributed by atoms with Crippen molar-refractivity contribution in [3.8, 4) is 0 Å². The van der Waals surface area contributed by atoms with Crippen molar-refractivity contribution in [2.45, 2.75) is 0 Å². The van der Waals surface area contributed by atoms with Crippen LogP contribution in [0.5, 0.6) is 0 Å². The molecule has 0 bridgehead atoms. The third-order valence-electron chi connectivity index (χ3n) is 8.62. The number of carboxylic acids is 2. The van der Waals surface area contributed by atoms with E-state index < -0.39 is 32.1 Å². The number of hydrogen-bond donors (Lipinski definition) is 2. The van der Waals surface area contributed by atoms with E-state index in [0.29, 0.717) is 11.1 Å². The van der Waals surface area contributed by atoms with E-state index in [9.17, 15) is 9.59 Å². The van der Waals surface area contributed by atoms with Gasteiger partial charge in [-0.2, -0.15) is 0 Å². The monoisotopic (exact) mass is 1070 g/mol. The maximum atomic E-state index is 10.6. The molecule has 62 heavy (non-hydrogen) atoms. The maximum Gasteiger partial charge on any atom is 2.00 e. The second-order valence-corrected chi connectivity index (χ2v) is 20.4. The van der Waals surface area contributed by atoms with Crippen LogP contribution in [-0.4, -0.2) is 42.4 Å². The molecule has 4 nitrogen and oxygen atoms in total. The minimum absolute atomic E-state index is 0. The van der Waals surface area contributed by atoms with Crippen LogP contribution in [0, 0.1) is 127 Å². The number of halogens is 3. The van der Waals surface area contributed by atoms with Crippen molar-refractivity contribution in [2.24, 2.45) is 0 Å². The van der Waals surface area contributed by atoms with Gasteiger partial charge in [-0.25, -0.2) is 9.59 Å². The predicted molar refractivity (Wildman–Crippen MR) is 248 cm³/mol. The summed E-state index contributed by atoms with van der Waals surface area (Å²) in [6, 6.07) is 38.3. The van der Waals surface area contributed by atoms with E-state index >= 15 is 0 Å². The first kappa shape index (κ1) is 54.1. The van der Waals surface area contributed by atoms with Crippen molar-refractivity contribution < 1.29 is 53.9 Å². The zero-order valence-corrected chi connectivity index (χ0v) is 40.0. The molecule has 2 N–H and O–H groups in total. The van der Waals surface area contributed by atoms with Crippen LogP contribution < -0.4 is 10.5 Å². The predicted octanol–water partition coefficient (Wildman–Crippen LogP) is 10.5. The van der Waals surface area contributed by atoms with E-state index in [-0.39, 0.29) is 34.1 Å². The second kappa shape index (κ2) is 30.1. The van der Waals surface area contributed by atoms with E-state index in [4.69, 9.17) is 45.0 Å². The van der Waals surface area contributed by atoms with E-state index in [1.807, 2.05) is 176 Å². The Hall–Kier alpha value is -2.23. The van der Waals surface area contributed by atoms with Crippen molar-refractivity contribution in [2.75, 3.05) is 0 Å². The third-order valence-corrected chi connectivity index (χ3v) is 16.4. The summed E-state index contributed by atoms with van der Waals surface area (Å²) in [5, 5.41) is 19.7. The number of hydrogen-bond acceptors (Lipinski definition) is 2. The van der Waals surface area contributed by atoms with Gasteiger partial charge in [0.1, 0.15) is 0 Å². The van der Waals surface area contributed by atoms with Gasteiger partial charge in [-0.3, -0.25) is 0 Å². The number of benzene rings is 5. The van der Waals surface area contributed by atoms with Gasteiger partial charge in [0.25, 0.3) is 0 Å². The van der Waals surface area contributed by atoms with Crippen LogP contribution in [0.15, 0.2) is 121 Å². The minimum Gasteiger partial charge on any atom is -0.478 e. The van der Waals surface area contributed by atoms with Gasteiger partial charge in [-0.1, -0.05) is 24.3 Å². The van der Waals surface area contributed by atoms with Crippen LogP contribution in [0.2, 0.25) is 15.1 Å². The fourth-order valence-corrected chi connectivity index (χ4v) is 12.4. The quantitative estimate of drug-likeness (QED) is 0.159. The van der Waals surface area contributed by atoms with Crippen LogP contribution in [0.4, 0.5) is 0 Å². The van der Waals surface area contributed by atoms with Gasteiger partial charge in [0.05, 0.1) is 11.1 Å². The van der Waals surface area contributed by atoms with Crippen molar-refractivity contribution in [3.05, 3.63) is 286 Å². The molecule has 4 aliphatic carbocycles. The molecule has 0 saturated heterocycles. The molecule has 4 fully saturated rings. The van der Waals surface area contributed by atoms with Crippen LogP contribution >= 0.6 is 34.8 Å². The van der Waals surface area contributed by atoms with Crippen molar-refractivity contribution in [1.82, 2.24) is 0 Å². The molecule has 4 aliphatic rings. The SMILES string of the molecule is Clc1cc[c]([Sb]([c]2ccc(Cl)cc2)[c]2ccc(Cl)cc2)cc1.O=C(O)c1ccc([C]2[CH][CH][CH][CH]2)cc1.O=C(O)c1ccc([C]2[CH][CH][CH][CH]2)cc1.[CH]1[CH][CH][CH][CH]1.[CH]1[CH][CH][CH][CH]1.[Fe+2].[Fe+2]. The Balaban J connectivity index is 0.000000224. The molecule has 0 atom stereocenters. The average molecular weight is 1070 g/mol. The fraction of sp³-hybridized carbons (Fsp3) is 0. The second-order valence-electron chi connectivity index (χ2n) is 12.8. The van der Waals surface area contributed by atoms with E-state index in [2.05, 4.69) is 36.4 Å². The first-order valence-electron chi connectivity index (χ1n) is 18.7. The van der Waals surface area contributed by atoms with E-state index in [1.165, 1.54) is 10.5 Å². The molecule has 5 aromatic rings. The van der Waals surface area contributed by atoms with Crippen molar-refractivity contribution in [3.63, 3.8) is 0 Å². The zero-order chi connectivity index (χ0) is 42.5. The standard InChI is InChI=1S/2C12H9O2.3C6H4Cl.2C5H5.2Fe.Sb/c2*13-12(14)11-7-5-10(6-8-11)9-3-1-2-4-9;3*7-6-4-2-1-3-5-6;2*1-2-4-5-3-1;;;/h2*1-8H,(H,13,14);3*2-5H;2*1-5H;;;/q;;;;;;;2*+2;. The molecule has 0 amide bonds. The molecule has 0 spiro atoms. The van der Waals surface area contributed by atoms with Gasteiger partial charge < -0.3 is 10.2 Å². The smallest absolute Gasteiger partial charge is 0.478 e. The molecule has 4 saturated carbocycles. The Kier molecular flexibility index (Phi) is 26.2. The van der Waals surface area contributed by atoms with Crippen LogP contribution in [0.25, 0.3) is 0 Å². The molecule has 0 aromatic heterocycles. The Morgan fingerprint density at radius 2 is 0.565 bits per heavy atom. The third kappa shape index (κ3) is 18.7. The van der Waals surface area contributed by atoms with Gasteiger partial charge in [0.2, 0.25) is 0 Å². The molecule has 0 heterocycles. The van der Waals surface area contributed by atoms with Crippen molar-refractivity contribution >= 4 is 77.5 Å². The minimum atomic E-state index is -2.08. The normalized spacial score (nSPS) is 15.5. The summed E-state index contributed by atoms with van der Waals surface area (Å²) in [4.78, 5) is 21.2. The summed E-state index contributed by atoms with van der Waals surface area (Å²) in [7, 11) is 0. The molecule has 0 aliphatic heterocycles. The summed E-state index contributed by atoms with van der Waals surface area (Å²) in [6.07, 6.45) is 35.8. The largest absolute Gasteiger partial charge is 2.00 e. The molecule has 9 rings (SSSR count). The summed E-state index contributed by atoms with van der Waals surface area (Å²) in [5.41, 5.74) is 2.72. The molecule has 10 heteroatoms. The number of aromatic carboxylic acids is 2. The topological polar surface area (TPSA) is 74.6 Å². The summed E-state index contributed by atoms with van der Waals surface area (Å²) in [6.45, 7) is 0. The van der Waals surface area contributed by atoms with Crippen LogP contribution in [0.3, 0.4) is 0 Å².